The highest BCUT2D eigenvalue weighted by atomic mass is 16.5. The lowest BCUT2D eigenvalue weighted by atomic mass is 10.1. The first-order chi connectivity index (χ1) is 13.2. The number of hydrogen-bond acceptors (Lipinski definition) is 7. The van der Waals surface area contributed by atoms with Gasteiger partial charge < -0.3 is 30.9 Å². The van der Waals surface area contributed by atoms with Crippen LogP contribution in [-0.4, -0.2) is 75.0 Å². The van der Waals surface area contributed by atoms with E-state index in [0.29, 0.717) is 12.1 Å². The first kappa shape index (κ1) is 26.6. The number of unbranched alkanes of at least 4 members (excludes halogenated alkanes) is 1. The first-order valence-corrected chi connectivity index (χ1v) is 10.6. The fourth-order valence-corrected chi connectivity index (χ4v) is 3.16. The Morgan fingerprint density at radius 3 is 2.57 bits per heavy atom. The first-order valence-electron chi connectivity index (χ1n) is 10.6. The van der Waals surface area contributed by atoms with Crippen molar-refractivity contribution in [1.82, 2.24) is 20.9 Å². The van der Waals surface area contributed by atoms with E-state index in [4.69, 9.17) is 9.47 Å². The molecule has 28 heavy (non-hydrogen) atoms. The molecular formula is C20H45N5O3. The van der Waals surface area contributed by atoms with Crippen LogP contribution < -0.4 is 16.0 Å². The van der Waals surface area contributed by atoms with Gasteiger partial charge in [0.15, 0.2) is 0 Å². The minimum absolute atomic E-state index is 0. The molecule has 2 heterocycles. The number of aliphatic imine (C=N–C) groups is 1. The van der Waals surface area contributed by atoms with Crippen LogP contribution in [0.3, 0.4) is 0 Å². The Balaban J connectivity index is 0. The molecule has 0 saturated carbocycles. The molecule has 168 valence electrons. The van der Waals surface area contributed by atoms with E-state index in [9.17, 15) is 0 Å². The van der Waals surface area contributed by atoms with Gasteiger partial charge in [0, 0.05) is 33.6 Å². The number of ether oxygens (including phenoxy) is 2. The van der Waals surface area contributed by atoms with Gasteiger partial charge in [-0.1, -0.05) is 27.2 Å². The predicted molar refractivity (Wildman–Crippen MR) is 119 cm³/mol. The third kappa shape index (κ3) is 8.77. The lowest BCUT2D eigenvalue weighted by Gasteiger charge is -2.38. The molecule has 0 aromatic heterocycles. The maximum atomic E-state index is 5.74. The smallest absolute Gasteiger partial charge is 0.226 e. The molecule has 0 amide bonds. The molecule has 0 aliphatic carbocycles. The quantitative estimate of drug-likeness (QED) is 0.480. The maximum Gasteiger partial charge on any atom is 0.226 e. The van der Waals surface area contributed by atoms with Crippen molar-refractivity contribution in [2.45, 2.75) is 72.3 Å². The van der Waals surface area contributed by atoms with Gasteiger partial charge >= 0.3 is 0 Å². The number of rotatable bonds is 10. The minimum atomic E-state index is -0.301. The molecule has 1 fully saturated rings. The lowest BCUT2D eigenvalue weighted by Crippen LogP contribution is -2.50. The second-order valence-corrected chi connectivity index (χ2v) is 6.79. The summed E-state index contributed by atoms with van der Waals surface area (Å²) in [5, 5.41) is 9.98. The highest BCUT2D eigenvalue weighted by molar-refractivity contribution is 5.79. The van der Waals surface area contributed by atoms with Crippen molar-refractivity contribution in [3.8, 4) is 0 Å². The van der Waals surface area contributed by atoms with Crippen LogP contribution in [0.1, 0.15) is 55.3 Å². The molecule has 8 heteroatoms. The van der Waals surface area contributed by atoms with E-state index >= 15 is 0 Å². The summed E-state index contributed by atoms with van der Waals surface area (Å²) < 4.78 is 11.3. The molecule has 3 atom stereocenters. The van der Waals surface area contributed by atoms with Crippen LogP contribution in [0, 0.1) is 0 Å². The van der Waals surface area contributed by atoms with Gasteiger partial charge in [0.1, 0.15) is 5.82 Å². The Hall–Kier alpha value is -1.35. The second-order valence-electron chi connectivity index (χ2n) is 6.79. The highest BCUT2D eigenvalue weighted by Gasteiger charge is 2.24. The minimum Gasteiger partial charge on any atom is -0.412 e. The molecule has 8 nitrogen and oxygen atoms in total. The molecule has 0 bridgehead atoms. The van der Waals surface area contributed by atoms with Gasteiger partial charge in [-0.15, -0.1) is 0 Å². The summed E-state index contributed by atoms with van der Waals surface area (Å²) in [5.74, 6) is 0.960. The van der Waals surface area contributed by atoms with E-state index in [1.165, 1.54) is 0 Å². The van der Waals surface area contributed by atoms with Crippen molar-refractivity contribution < 1.29 is 16.4 Å². The molecule has 1 saturated heterocycles. The normalized spacial score (nSPS) is 24.6. The molecule has 3 unspecified atom stereocenters. The Morgan fingerprint density at radius 2 is 1.96 bits per heavy atom. The Morgan fingerprint density at radius 1 is 1.29 bits per heavy atom. The summed E-state index contributed by atoms with van der Waals surface area (Å²) in [4.78, 5) is 6.92. The van der Waals surface area contributed by atoms with Crippen LogP contribution in [0.5, 0.6) is 0 Å². The average Bonchev–Trinajstić information content (AvgIpc) is 2.69. The molecule has 0 aromatic carbocycles. The number of nitrogens with one attached hydrogen (secondary N) is 3. The van der Waals surface area contributed by atoms with Crippen molar-refractivity contribution in [3.05, 3.63) is 11.5 Å². The molecule has 2 aliphatic heterocycles. The number of morpholine rings is 1. The van der Waals surface area contributed by atoms with Crippen molar-refractivity contribution >= 4 is 6.21 Å². The van der Waals surface area contributed by atoms with Crippen LogP contribution >= 0.6 is 0 Å². The summed E-state index contributed by atoms with van der Waals surface area (Å²) in [6.45, 7) is 15.0. The molecular weight excluding hydrogens is 358 g/mol. The molecule has 5 N–H and O–H groups in total. The fourth-order valence-electron chi connectivity index (χ4n) is 3.16. The third-order valence-corrected chi connectivity index (χ3v) is 4.66. The zero-order valence-corrected chi connectivity index (χ0v) is 18.7. The van der Waals surface area contributed by atoms with E-state index in [0.717, 1.165) is 63.7 Å². The van der Waals surface area contributed by atoms with E-state index in [2.05, 4.69) is 46.6 Å². The highest BCUT2D eigenvalue weighted by Crippen LogP contribution is 2.13. The number of hydrogen-bond donors (Lipinski definition) is 3. The van der Waals surface area contributed by atoms with Gasteiger partial charge in [0.2, 0.25) is 6.35 Å². The molecule has 2 rings (SSSR count). The standard InChI is InChI=1S/C18H35N5O2.C2H6.H2O.H2/c1-5-6-10-25-18-21-11-16(19-4)17(22-18)20-8-7-9-23-14(2)12-24-13-15(23)3;1-2;;/h11,14-15,18-20,22H,5-10,12-13H2,1-4H3;1-2H3;1H2;1H. The topological polar surface area (TPSA) is 102 Å². The van der Waals surface area contributed by atoms with Crippen LogP contribution in [0.4, 0.5) is 0 Å². The van der Waals surface area contributed by atoms with Gasteiger partial charge in [0.25, 0.3) is 0 Å². The van der Waals surface area contributed by atoms with E-state index in [1.54, 1.807) is 0 Å². The van der Waals surface area contributed by atoms with E-state index < -0.39 is 0 Å². The fraction of sp³-hybridized carbons (Fsp3) is 0.850. The van der Waals surface area contributed by atoms with E-state index in [1.807, 2.05) is 27.1 Å². The Kier molecular flexibility index (Phi) is 14.8. The van der Waals surface area contributed by atoms with Gasteiger partial charge in [-0.25, -0.2) is 4.99 Å². The predicted octanol–water partition coefficient (Wildman–Crippen LogP) is 1.69. The third-order valence-electron chi connectivity index (χ3n) is 4.66. The van der Waals surface area contributed by atoms with Gasteiger partial charge in [0.05, 0.1) is 31.7 Å². The molecule has 2 aliphatic rings. The summed E-state index contributed by atoms with van der Waals surface area (Å²) in [7, 11) is 1.90. The number of nitrogens with zero attached hydrogens (tertiary/aromatic N) is 2. The summed E-state index contributed by atoms with van der Waals surface area (Å²) in [6.07, 6.45) is 4.79. The Labute approximate surface area is 172 Å². The second kappa shape index (κ2) is 15.6. The van der Waals surface area contributed by atoms with Crippen molar-refractivity contribution in [2.75, 3.05) is 40.0 Å². The summed E-state index contributed by atoms with van der Waals surface area (Å²) in [5.41, 5.74) is 0.962. The molecule has 0 spiro atoms. The molecule has 0 radical (unpaired) electrons. The zero-order valence-electron chi connectivity index (χ0n) is 18.7. The van der Waals surface area contributed by atoms with Crippen molar-refractivity contribution in [3.63, 3.8) is 0 Å². The van der Waals surface area contributed by atoms with Crippen molar-refractivity contribution in [2.24, 2.45) is 4.99 Å². The SMILES string of the molecule is CC.CCCCOC1N=CC(NC)=C(NCCCN2C(C)COCC2C)N1.O.[HH]. The zero-order chi connectivity index (χ0) is 20.1. The van der Waals surface area contributed by atoms with Crippen LogP contribution in [-0.2, 0) is 9.47 Å². The summed E-state index contributed by atoms with van der Waals surface area (Å²) in [6, 6.07) is 0.985. The van der Waals surface area contributed by atoms with Crippen LogP contribution in [0.25, 0.3) is 0 Å². The molecule has 0 aromatic rings. The largest absolute Gasteiger partial charge is 0.412 e. The lowest BCUT2D eigenvalue weighted by molar-refractivity contribution is -0.0367. The summed E-state index contributed by atoms with van der Waals surface area (Å²) >= 11 is 0. The van der Waals surface area contributed by atoms with Crippen LogP contribution in [0.15, 0.2) is 16.5 Å². The number of allylic oxidation sites excluding steroid dienone is 1. The monoisotopic (exact) mass is 403 g/mol. The average molecular weight is 404 g/mol. The van der Waals surface area contributed by atoms with Gasteiger partial charge in [-0.05, 0) is 26.7 Å². The van der Waals surface area contributed by atoms with Gasteiger partial charge in [-0.2, -0.15) is 0 Å². The van der Waals surface area contributed by atoms with Crippen molar-refractivity contribution in [1.29, 1.82) is 0 Å². The maximum absolute atomic E-state index is 5.74. The van der Waals surface area contributed by atoms with E-state index in [-0.39, 0.29) is 13.3 Å². The van der Waals surface area contributed by atoms with Gasteiger partial charge in [-0.3, -0.25) is 4.90 Å². The van der Waals surface area contributed by atoms with Crippen LogP contribution in [0.2, 0.25) is 0 Å². The Bertz CT molecular complexity index is 455.